The number of fused-ring (bicyclic) bond motifs is 1. The molecule has 0 saturated carbocycles. The van der Waals surface area contributed by atoms with Gasteiger partial charge in [-0.3, -0.25) is 4.98 Å². The van der Waals surface area contributed by atoms with Gasteiger partial charge >= 0.3 is 0 Å². The van der Waals surface area contributed by atoms with Crippen molar-refractivity contribution in [3.05, 3.63) is 40.0 Å². The smallest absolute Gasteiger partial charge is 0.0706 e. The molecule has 84 valence electrons. The second-order valence-electron chi connectivity index (χ2n) is 3.94. The fourth-order valence-electron chi connectivity index (χ4n) is 1.79. The van der Waals surface area contributed by atoms with Gasteiger partial charge in [0.2, 0.25) is 0 Å². The van der Waals surface area contributed by atoms with E-state index in [0.717, 1.165) is 23.0 Å². The Labute approximate surface area is 104 Å². The predicted molar refractivity (Wildman–Crippen MR) is 71.8 cm³/mol. The Morgan fingerprint density at radius 3 is 2.88 bits per heavy atom. The Bertz CT molecular complexity index is 509. The maximum Gasteiger partial charge on any atom is 0.0706 e. The topological polar surface area (TPSA) is 24.9 Å². The Kier molecular flexibility index (Phi) is 3.56. The maximum absolute atomic E-state index is 4.69. The molecule has 2 aromatic rings. The summed E-state index contributed by atoms with van der Waals surface area (Å²) in [7, 11) is 1.97. The van der Waals surface area contributed by atoms with Crippen LogP contribution in [0.25, 0.3) is 10.9 Å². The van der Waals surface area contributed by atoms with Gasteiger partial charge in [-0.25, -0.2) is 0 Å². The number of hydrogen-bond donors (Lipinski definition) is 1. The zero-order valence-electron chi connectivity index (χ0n) is 9.55. The molecule has 0 unspecified atom stereocenters. The highest BCUT2D eigenvalue weighted by Gasteiger charge is 2.03. The van der Waals surface area contributed by atoms with Gasteiger partial charge in [-0.2, -0.15) is 0 Å². The van der Waals surface area contributed by atoms with E-state index >= 15 is 0 Å². The standard InChI is InChI=1S/C13H15BrN2/c1-9-7-10-8-11(14)3-4-13(10)16-12(9)5-6-15-2/h3-4,7-8,15H,5-6H2,1-2H3. The van der Waals surface area contributed by atoms with Crippen LogP contribution in [0, 0.1) is 6.92 Å². The van der Waals surface area contributed by atoms with Gasteiger partial charge in [-0.15, -0.1) is 0 Å². The molecule has 0 aliphatic heterocycles. The zero-order valence-corrected chi connectivity index (χ0v) is 11.1. The quantitative estimate of drug-likeness (QED) is 0.934. The third-order valence-electron chi connectivity index (χ3n) is 2.68. The number of nitrogens with one attached hydrogen (secondary N) is 1. The molecule has 0 aliphatic carbocycles. The number of rotatable bonds is 3. The van der Waals surface area contributed by atoms with Crippen molar-refractivity contribution in [2.24, 2.45) is 0 Å². The lowest BCUT2D eigenvalue weighted by Gasteiger charge is -2.07. The summed E-state index contributed by atoms with van der Waals surface area (Å²) in [5.74, 6) is 0. The predicted octanol–water partition coefficient (Wildman–Crippen LogP) is 3.07. The maximum atomic E-state index is 4.69. The molecular formula is C13H15BrN2. The van der Waals surface area contributed by atoms with E-state index in [1.807, 2.05) is 13.1 Å². The molecule has 0 bridgehead atoms. The van der Waals surface area contributed by atoms with Crippen molar-refractivity contribution in [2.45, 2.75) is 13.3 Å². The van der Waals surface area contributed by atoms with Crippen LogP contribution in [0.15, 0.2) is 28.7 Å². The van der Waals surface area contributed by atoms with Crippen molar-refractivity contribution >= 4 is 26.8 Å². The number of aromatic nitrogens is 1. The first-order valence-electron chi connectivity index (χ1n) is 5.41. The van der Waals surface area contributed by atoms with E-state index in [1.54, 1.807) is 0 Å². The van der Waals surface area contributed by atoms with Crippen molar-refractivity contribution in [2.75, 3.05) is 13.6 Å². The summed E-state index contributed by atoms with van der Waals surface area (Å²) in [5.41, 5.74) is 3.52. The molecule has 1 heterocycles. The molecule has 0 radical (unpaired) electrons. The van der Waals surface area contributed by atoms with Crippen LogP contribution in [0.1, 0.15) is 11.3 Å². The molecule has 1 aromatic carbocycles. The fourth-order valence-corrected chi connectivity index (χ4v) is 2.17. The van der Waals surface area contributed by atoms with Gasteiger partial charge in [0, 0.05) is 28.5 Å². The van der Waals surface area contributed by atoms with Gasteiger partial charge in [0.25, 0.3) is 0 Å². The molecule has 2 rings (SSSR count). The first-order valence-corrected chi connectivity index (χ1v) is 6.20. The molecule has 2 nitrogen and oxygen atoms in total. The van der Waals surface area contributed by atoms with Gasteiger partial charge in [-0.05, 0) is 43.8 Å². The van der Waals surface area contributed by atoms with Crippen LogP contribution in [0.2, 0.25) is 0 Å². The Morgan fingerprint density at radius 2 is 2.12 bits per heavy atom. The van der Waals surface area contributed by atoms with Crippen LogP contribution in [0.5, 0.6) is 0 Å². The highest BCUT2D eigenvalue weighted by Crippen LogP contribution is 2.20. The third-order valence-corrected chi connectivity index (χ3v) is 3.18. The second-order valence-corrected chi connectivity index (χ2v) is 4.86. The molecule has 1 N–H and O–H groups in total. The van der Waals surface area contributed by atoms with Gasteiger partial charge in [0.1, 0.15) is 0 Å². The average molecular weight is 279 g/mol. The van der Waals surface area contributed by atoms with Gasteiger partial charge < -0.3 is 5.32 Å². The van der Waals surface area contributed by atoms with Gasteiger partial charge in [0.15, 0.2) is 0 Å². The Balaban J connectivity index is 2.45. The third kappa shape index (κ3) is 2.42. The van der Waals surface area contributed by atoms with Gasteiger partial charge in [0.05, 0.1) is 5.52 Å². The zero-order chi connectivity index (χ0) is 11.5. The number of pyridine rings is 1. The minimum atomic E-state index is 0.968. The average Bonchev–Trinajstić information content (AvgIpc) is 2.26. The molecule has 0 aliphatic rings. The SMILES string of the molecule is CNCCc1nc2ccc(Br)cc2cc1C. The fraction of sp³-hybridized carbons (Fsp3) is 0.308. The van der Waals surface area contributed by atoms with E-state index < -0.39 is 0 Å². The number of aryl methyl sites for hydroxylation is 1. The summed E-state index contributed by atoms with van der Waals surface area (Å²) in [6.45, 7) is 3.09. The van der Waals surface area contributed by atoms with Crippen LogP contribution in [0.3, 0.4) is 0 Å². The highest BCUT2D eigenvalue weighted by molar-refractivity contribution is 9.10. The normalized spacial score (nSPS) is 10.9. The molecule has 0 saturated heterocycles. The molecule has 0 atom stereocenters. The summed E-state index contributed by atoms with van der Waals surface area (Å²) in [6, 6.07) is 8.41. The number of nitrogens with zero attached hydrogens (tertiary/aromatic N) is 1. The number of likely N-dealkylation sites (N-methyl/N-ethyl adjacent to an activating group) is 1. The van der Waals surface area contributed by atoms with Crippen LogP contribution in [-0.4, -0.2) is 18.6 Å². The van der Waals surface area contributed by atoms with Crippen molar-refractivity contribution < 1.29 is 0 Å². The number of halogens is 1. The minimum Gasteiger partial charge on any atom is -0.319 e. The van der Waals surface area contributed by atoms with Crippen molar-refractivity contribution in [1.82, 2.24) is 10.3 Å². The summed E-state index contributed by atoms with van der Waals surface area (Å²) >= 11 is 3.48. The van der Waals surface area contributed by atoms with E-state index in [4.69, 9.17) is 4.98 Å². The monoisotopic (exact) mass is 278 g/mol. The van der Waals surface area contributed by atoms with E-state index in [1.165, 1.54) is 16.6 Å². The summed E-state index contributed by atoms with van der Waals surface area (Å²) in [5, 5.41) is 4.35. The molecule has 0 fully saturated rings. The first kappa shape index (κ1) is 11.6. The van der Waals surface area contributed by atoms with Crippen molar-refractivity contribution in [3.63, 3.8) is 0 Å². The lowest BCUT2D eigenvalue weighted by molar-refractivity contribution is 0.775. The summed E-state index contributed by atoms with van der Waals surface area (Å²) in [4.78, 5) is 4.69. The van der Waals surface area contributed by atoms with E-state index in [0.29, 0.717) is 0 Å². The van der Waals surface area contributed by atoms with Crippen LogP contribution in [-0.2, 0) is 6.42 Å². The number of hydrogen-bond acceptors (Lipinski definition) is 2. The second kappa shape index (κ2) is 4.93. The molecular weight excluding hydrogens is 264 g/mol. The van der Waals surface area contributed by atoms with Crippen LogP contribution in [0.4, 0.5) is 0 Å². The van der Waals surface area contributed by atoms with Crippen LogP contribution >= 0.6 is 15.9 Å². The molecule has 0 amide bonds. The molecule has 16 heavy (non-hydrogen) atoms. The van der Waals surface area contributed by atoms with E-state index in [9.17, 15) is 0 Å². The minimum absolute atomic E-state index is 0.968. The molecule has 3 heteroatoms. The summed E-state index contributed by atoms with van der Waals surface area (Å²) < 4.78 is 1.10. The van der Waals surface area contributed by atoms with E-state index in [2.05, 4.69) is 46.4 Å². The summed E-state index contributed by atoms with van der Waals surface area (Å²) in [6.07, 6.45) is 0.980. The van der Waals surface area contributed by atoms with Crippen molar-refractivity contribution in [1.29, 1.82) is 0 Å². The van der Waals surface area contributed by atoms with Crippen molar-refractivity contribution in [3.8, 4) is 0 Å². The van der Waals surface area contributed by atoms with E-state index in [-0.39, 0.29) is 0 Å². The Hall–Kier alpha value is -0.930. The highest BCUT2D eigenvalue weighted by atomic mass is 79.9. The Morgan fingerprint density at radius 1 is 1.31 bits per heavy atom. The lowest BCUT2D eigenvalue weighted by Crippen LogP contribution is -2.12. The lowest BCUT2D eigenvalue weighted by atomic mass is 10.1. The van der Waals surface area contributed by atoms with Crippen LogP contribution < -0.4 is 5.32 Å². The first-order chi connectivity index (χ1) is 7.70. The largest absolute Gasteiger partial charge is 0.319 e. The number of benzene rings is 1. The molecule has 0 spiro atoms. The van der Waals surface area contributed by atoms with Gasteiger partial charge in [-0.1, -0.05) is 15.9 Å². The molecule has 1 aromatic heterocycles.